The van der Waals surface area contributed by atoms with Crippen molar-refractivity contribution in [3.8, 4) is 44.9 Å². The summed E-state index contributed by atoms with van der Waals surface area (Å²) in [6.07, 6.45) is 0. The van der Waals surface area contributed by atoms with Gasteiger partial charge in [0.15, 0.2) is 5.75 Å². The highest BCUT2D eigenvalue weighted by Crippen LogP contribution is 2.54. The van der Waals surface area contributed by atoms with Crippen molar-refractivity contribution in [1.82, 2.24) is 0 Å². The van der Waals surface area contributed by atoms with Crippen molar-refractivity contribution in [2.24, 2.45) is 0 Å². The van der Waals surface area contributed by atoms with E-state index in [1.54, 1.807) is 0 Å². The summed E-state index contributed by atoms with van der Waals surface area (Å²) >= 11 is 1.87. The minimum absolute atomic E-state index is 0.807. The molecule has 0 radical (unpaired) electrons. The predicted molar refractivity (Wildman–Crippen MR) is 296 cm³/mol. The Morgan fingerprint density at radius 1 is 0.275 bits per heavy atom. The van der Waals surface area contributed by atoms with Crippen molar-refractivity contribution in [2.45, 2.75) is 0 Å². The molecule has 1 aromatic heterocycles. The van der Waals surface area contributed by atoms with Crippen LogP contribution >= 0.6 is 11.3 Å². The van der Waals surface area contributed by atoms with E-state index >= 15 is 0 Å². The lowest BCUT2D eigenvalue weighted by atomic mass is 9.93. The number of ether oxygens (including phenoxy) is 1. The van der Waals surface area contributed by atoms with Gasteiger partial charge in [-0.15, -0.1) is 11.3 Å². The average molecular weight is 896 g/mol. The lowest BCUT2D eigenvalue weighted by molar-refractivity contribution is 0.489. The molecule has 0 fully saturated rings. The van der Waals surface area contributed by atoms with E-state index in [1.165, 1.54) is 68.6 Å². The molecule has 0 aliphatic carbocycles. The molecule has 0 atom stereocenters. The molecule has 2 nitrogen and oxygen atoms in total. The zero-order chi connectivity index (χ0) is 45.4. The van der Waals surface area contributed by atoms with Gasteiger partial charge in [-0.05, 0) is 119 Å². The van der Waals surface area contributed by atoms with Gasteiger partial charge < -0.3 is 9.64 Å². The Morgan fingerprint density at radius 3 is 1.45 bits per heavy atom. The molecule has 0 saturated carbocycles. The third kappa shape index (κ3) is 6.32. The van der Waals surface area contributed by atoms with Gasteiger partial charge in [0.1, 0.15) is 5.75 Å². The third-order valence-electron chi connectivity index (χ3n) is 14.1. The van der Waals surface area contributed by atoms with E-state index in [-0.39, 0.29) is 0 Å². The first-order valence-electron chi connectivity index (χ1n) is 23.6. The Morgan fingerprint density at radius 2 is 0.754 bits per heavy atom. The van der Waals surface area contributed by atoms with Crippen LogP contribution in [0, 0.1) is 0 Å². The van der Waals surface area contributed by atoms with Crippen LogP contribution in [0.15, 0.2) is 249 Å². The highest BCUT2D eigenvalue weighted by molar-refractivity contribution is 7.25. The summed E-state index contributed by atoms with van der Waals surface area (Å²) in [5, 5.41) is 14.5. The molecule has 0 N–H and O–H groups in total. The molecule has 0 spiro atoms. The smallest absolute Gasteiger partial charge is 0.159 e. The molecular weight excluding hydrogens is 855 g/mol. The second-order valence-electron chi connectivity index (χ2n) is 17.9. The van der Waals surface area contributed by atoms with E-state index in [2.05, 4.69) is 254 Å². The number of anilines is 3. The summed E-state index contributed by atoms with van der Waals surface area (Å²) in [6, 6.07) is 91.0. The van der Waals surface area contributed by atoms with E-state index in [1.807, 2.05) is 11.3 Å². The molecule has 2 heterocycles. The van der Waals surface area contributed by atoms with Gasteiger partial charge in [-0.1, -0.05) is 200 Å². The van der Waals surface area contributed by atoms with Crippen LogP contribution in [0.2, 0.25) is 0 Å². The van der Waals surface area contributed by atoms with E-state index in [9.17, 15) is 0 Å². The normalized spacial score (nSPS) is 11.9. The minimum Gasteiger partial charge on any atom is -0.454 e. The maximum Gasteiger partial charge on any atom is 0.159 e. The average Bonchev–Trinajstić information content (AvgIpc) is 3.71. The first-order valence-corrected chi connectivity index (χ1v) is 24.4. The van der Waals surface area contributed by atoms with E-state index in [0.717, 1.165) is 67.3 Å². The van der Waals surface area contributed by atoms with Crippen LogP contribution in [0.3, 0.4) is 0 Å². The standard InChI is InChI=1S/C66H41NOS/c1-2-19-42(20-3-1)44-21-12-15-33-61(44)67(62-34-18-32-56-50-27-9-8-26-49(50)54-30-13-16-35-63(54)68-66(56)62)43-37-38-53-57(39-43)51-28-10-6-24-47(51)45-22-4-5-23-46(45)48-25-7-11-29-52(48)58-40-60-55-31-14-17-36-64(55)69-65(60)41-59(53)58/h1-41H. The van der Waals surface area contributed by atoms with E-state index < -0.39 is 0 Å². The molecule has 0 bridgehead atoms. The fourth-order valence-corrected chi connectivity index (χ4v) is 12.1. The van der Waals surface area contributed by atoms with Crippen molar-refractivity contribution in [3.63, 3.8) is 0 Å². The van der Waals surface area contributed by atoms with Gasteiger partial charge in [-0.3, -0.25) is 0 Å². The van der Waals surface area contributed by atoms with Gasteiger partial charge in [0.2, 0.25) is 0 Å². The topological polar surface area (TPSA) is 12.5 Å². The maximum atomic E-state index is 7.27. The summed E-state index contributed by atoms with van der Waals surface area (Å²) < 4.78 is 9.83. The first-order chi connectivity index (χ1) is 34.2. The monoisotopic (exact) mass is 895 g/mol. The fourth-order valence-electron chi connectivity index (χ4n) is 11.0. The van der Waals surface area contributed by atoms with Gasteiger partial charge in [0.05, 0.1) is 11.4 Å². The zero-order valence-corrected chi connectivity index (χ0v) is 38.3. The molecule has 1 aliphatic rings. The maximum absolute atomic E-state index is 7.27. The highest BCUT2D eigenvalue weighted by Gasteiger charge is 2.28. The molecule has 1 aliphatic heterocycles. The second kappa shape index (κ2) is 16.0. The third-order valence-corrected chi connectivity index (χ3v) is 15.2. The lowest BCUT2D eigenvalue weighted by Crippen LogP contribution is -2.12. The molecule has 0 amide bonds. The Labute approximate surface area is 403 Å². The van der Waals surface area contributed by atoms with Gasteiger partial charge in [-0.25, -0.2) is 0 Å². The molecule has 0 unspecified atom stereocenters. The van der Waals surface area contributed by atoms with Crippen LogP contribution in [-0.4, -0.2) is 0 Å². The Balaban J connectivity index is 1.16. The Kier molecular flexibility index (Phi) is 9.11. The number of fused-ring (bicyclic) bond motifs is 18. The zero-order valence-electron chi connectivity index (χ0n) is 37.4. The summed E-state index contributed by atoms with van der Waals surface area (Å²) in [5.41, 5.74) is 9.67. The summed E-state index contributed by atoms with van der Waals surface area (Å²) in [4.78, 5) is 2.43. The lowest BCUT2D eigenvalue weighted by Gasteiger charge is -2.30. The molecule has 13 aromatic rings. The number of thiophene rings is 1. The summed E-state index contributed by atoms with van der Waals surface area (Å²) in [6.45, 7) is 0. The van der Waals surface area contributed by atoms with Crippen LogP contribution in [0.5, 0.6) is 11.5 Å². The van der Waals surface area contributed by atoms with Crippen LogP contribution in [0.25, 0.3) is 107 Å². The van der Waals surface area contributed by atoms with Gasteiger partial charge in [0.25, 0.3) is 0 Å². The van der Waals surface area contributed by atoms with Crippen molar-refractivity contribution >= 4 is 102 Å². The molecule has 12 aromatic carbocycles. The molecular formula is C66H41NOS. The Bertz CT molecular complexity index is 4300. The van der Waals surface area contributed by atoms with Crippen molar-refractivity contribution < 1.29 is 4.74 Å². The number of benzene rings is 11. The van der Waals surface area contributed by atoms with E-state index in [0.29, 0.717) is 0 Å². The van der Waals surface area contributed by atoms with Crippen LogP contribution in [-0.2, 0) is 0 Å². The fraction of sp³-hybridized carbons (Fsp3) is 0. The van der Waals surface area contributed by atoms with Crippen molar-refractivity contribution in [2.75, 3.05) is 4.90 Å². The van der Waals surface area contributed by atoms with Gasteiger partial charge in [-0.2, -0.15) is 0 Å². The molecule has 322 valence electrons. The van der Waals surface area contributed by atoms with Crippen molar-refractivity contribution in [1.29, 1.82) is 0 Å². The number of rotatable bonds is 4. The van der Waals surface area contributed by atoms with Crippen LogP contribution < -0.4 is 9.64 Å². The number of nitrogens with zero attached hydrogens (tertiary/aromatic N) is 1. The van der Waals surface area contributed by atoms with Gasteiger partial charge in [0, 0.05) is 42.6 Å². The number of para-hydroxylation sites is 3. The number of hydrogen-bond donors (Lipinski definition) is 0. The molecule has 14 rings (SSSR count). The Hall–Kier alpha value is -8.76. The quantitative estimate of drug-likeness (QED) is 0.175. The highest BCUT2D eigenvalue weighted by atomic mass is 32.1. The second-order valence-corrected chi connectivity index (χ2v) is 19.0. The first kappa shape index (κ1) is 39.4. The molecule has 3 heteroatoms. The largest absolute Gasteiger partial charge is 0.454 e. The minimum atomic E-state index is 0.807. The summed E-state index contributed by atoms with van der Waals surface area (Å²) in [5.74, 6) is 1.64. The van der Waals surface area contributed by atoms with Crippen LogP contribution in [0.1, 0.15) is 0 Å². The van der Waals surface area contributed by atoms with Crippen LogP contribution in [0.4, 0.5) is 17.1 Å². The van der Waals surface area contributed by atoms with Crippen molar-refractivity contribution in [3.05, 3.63) is 249 Å². The van der Waals surface area contributed by atoms with Gasteiger partial charge >= 0.3 is 0 Å². The van der Waals surface area contributed by atoms with E-state index in [4.69, 9.17) is 4.74 Å². The predicted octanol–water partition coefficient (Wildman–Crippen LogP) is 19.5. The SMILES string of the molecule is c1ccc(-c2ccccc2N(c2ccc3c(c2)c2ccccc2c2ccccc2c2ccccc2c2cc4c(cc32)sc2ccccc24)c2cccc3c2Oc2ccccc2-c2ccccc2-3)cc1. The number of hydrogen-bond acceptors (Lipinski definition) is 3. The summed E-state index contributed by atoms with van der Waals surface area (Å²) in [7, 11) is 0. The molecule has 0 saturated heterocycles. The molecule has 69 heavy (non-hydrogen) atoms.